The van der Waals surface area contributed by atoms with E-state index in [1.807, 2.05) is 6.07 Å². The van der Waals surface area contributed by atoms with Crippen LogP contribution in [-0.4, -0.2) is 10.3 Å². The fraction of sp³-hybridized carbons (Fsp3) is 0.182. The molecule has 0 unspecified atom stereocenters. The van der Waals surface area contributed by atoms with Crippen LogP contribution in [0.5, 0.6) is 5.75 Å². The van der Waals surface area contributed by atoms with Crippen LogP contribution in [0, 0.1) is 0 Å². The summed E-state index contributed by atoms with van der Waals surface area (Å²) in [7, 11) is 0. The minimum atomic E-state index is 0.0149. The fourth-order valence-corrected chi connectivity index (χ4v) is 1.77. The molecule has 16 heavy (non-hydrogen) atoms. The van der Waals surface area contributed by atoms with Crippen LogP contribution in [0.25, 0.3) is 0 Å². The van der Waals surface area contributed by atoms with Crippen molar-refractivity contribution >= 4 is 15.9 Å². The van der Waals surface area contributed by atoms with E-state index in [2.05, 4.69) is 21.1 Å². The Morgan fingerprint density at radius 2 is 2.25 bits per heavy atom. The molecule has 0 aliphatic rings. The maximum atomic E-state index is 8.95. The highest BCUT2D eigenvalue weighted by atomic mass is 79.9. The number of aromatic nitrogens is 1. The van der Waals surface area contributed by atoms with Crippen molar-refractivity contribution in [1.29, 1.82) is 0 Å². The molecule has 0 aliphatic carbocycles. The van der Waals surface area contributed by atoms with Crippen molar-refractivity contribution < 1.29 is 14.4 Å². The van der Waals surface area contributed by atoms with E-state index >= 15 is 0 Å². The van der Waals surface area contributed by atoms with Crippen molar-refractivity contribution in [2.45, 2.75) is 13.2 Å². The molecular weight excluding hydrogens is 274 g/mol. The first kappa shape index (κ1) is 11.2. The second kappa shape index (κ2) is 5.14. The summed E-state index contributed by atoms with van der Waals surface area (Å²) < 4.78 is 11.2. The maximum absolute atomic E-state index is 8.95. The molecule has 84 valence electrons. The van der Waals surface area contributed by atoms with Crippen LogP contribution in [-0.2, 0) is 13.2 Å². The smallest absolute Gasteiger partial charge is 0.174 e. The van der Waals surface area contributed by atoms with E-state index in [0.717, 1.165) is 10.0 Å². The predicted octanol–water partition coefficient (Wildman–Crippen LogP) is 2.51. The molecular formula is C11H10BrNO3. The molecule has 0 aliphatic heterocycles. The SMILES string of the molecule is OCc1ccc(OCc2ccno2)c(Br)c1. The van der Waals surface area contributed by atoms with Gasteiger partial charge in [0.2, 0.25) is 0 Å². The van der Waals surface area contributed by atoms with Gasteiger partial charge in [-0.3, -0.25) is 0 Å². The summed E-state index contributed by atoms with van der Waals surface area (Å²) in [6.45, 7) is 0.345. The molecule has 0 fully saturated rings. The number of aliphatic hydroxyl groups is 1. The van der Waals surface area contributed by atoms with Gasteiger partial charge in [-0.05, 0) is 33.6 Å². The Kier molecular flexibility index (Phi) is 3.58. The highest BCUT2D eigenvalue weighted by molar-refractivity contribution is 9.10. The lowest BCUT2D eigenvalue weighted by molar-refractivity contribution is 0.247. The Balaban J connectivity index is 2.04. The van der Waals surface area contributed by atoms with E-state index in [-0.39, 0.29) is 6.61 Å². The van der Waals surface area contributed by atoms with Gasteiger partial charge in [-0.25, -0.2) is 0 Å². The van der Waals surface area contributed by atoms with E-state index in [9.17, 15) is 0 Å². The van der Waals surface area contributed by atoms with Crippen molar-refractivity contribution in [3.63, 3.8) is 0 Å². The number of halogens is 1. The lowest BCUT2D eigenvalue weighted by Gasteiger charge is -2.07. The first-order valence-corrected chi connectivity index (χ1v) is 5.50. The Hall–Kier alpha value is -1.33. The molecule has 2 rings (SSSR count). The zero-order chi connectivity index (χ0) is 11.4. The van der Waals surface area contributed by atoms with E-state index in [1.54, 1.807) is 24.4 Å². The van der Waals surface area contributed by atoms with Crippen LogP contribution in [0.1, 0.15) is 11.3 Å². The van der Waals surface area contributed by atoms with E-state index in [4.69, 9.17) is 14.4 Å². The first-order valence-electron chi connectivity index (χ1n) is 4.71. The third-order valence-electron chi connectivity index (χ3n) is 2.04. The van der Waals surface area contributed by atoms with Gasteiger partial charge in [0.25, 0.3) is 0 Å². The molecule has 0 spiro atoms. The Morgan fingerprint density at radius 3 is 2.88 bits per heavy atom. The molecule has 2 aromatic rings. The van der Waals surface area contributed by atoms with Crippen molar-refractivity contribution in [3.8, 4) is 5.75 Å². The number of rotatable bonds is 4. The summed E-state index contributed by atoms with van der Waals surface area (Å²) in [5.41, 5.74) is 0.832. The quantitative estimate of drug-likeness (QED) is 0.937. The van der Waals surface area contributed by atoms with E-state index in [0.29, 0.717) is 18.1 Å². The van der Waals surface area contributed by atoms with E-state index in [1.165, 1.54) is 0 Å². The molecule has 0 bridgehead atoms. The minimum absolute atomic E-state index is 0.0149. The molecule has 1 heterocycles. The van der Waals surface area contributed by atoms with Crippen LogP contribution < -0.4 is 4.74 Å². The zero-order valence-electron chi connectivity index (χ0n) is 8.39. The lowest BCUT2D eigenvalue weighted by atomic mass is 10.2. The van der Waals surface area contributed by atoms with Gasteiger partial charge in [0, 0.05) is 6.07 Å². The number of nitrogens with zero attached hydrogens (tertiary/aromatic N) is 1. The second-order valence-corrected chi connectivity index (χ2v) is 4.04. The van der Waals surface area contributed by atoms with Gasteiger partial charge < -0.3 is 14.4 Å². The van der Waals surface area contributed by atoms with Crippen molar-refractivity contribution in [1.82, 2.24) is 5.16 Å². The molecule has 0 saturated heterocycles. The molecule has 1 aromatic carbocycles. The second-order valence-electron chi connectivity index (χ2n) is 3.19. The van der Waals surface area contributed by atoms with Gasteiger partial charge in [-0.2, -0.15) is 0 Å². The van der Waals surface area contributed by atoms with E-state index < -0.39 is 0 Å². The Morgan fingerprint density at radius 1 is 1.38 bits per heavy atom. The summed E-state index contributed by atoms with van der Waals surface area (Å²) in [6.07, 6.45) is 1.57. The van der Waals surface area contributed by atoms with Crippen LogP contribution in [0.3, 0.4) is 0 Å². The third-order valence-corrected chi connectivity index (χ3v) is 2.66. The van der Waals surface area contributed by atoms with Gasteiger partial charge in [-0.1, -0.05) is 11.2 Å². The highest BCUT2D eigenvalue weighted by Crippen LogP contribution is 2.26. The summed E-state index contributed by atoms with van der Waals surface area (Å²) >= 11 is 3.37. The monoisotopic (exact) mass is 283 g/mol. The number of benzene rings is 1. The normalized spacial score (nSPS) is 10.4. The van der Waals surface area contributed by atoms with Crippen molar-refractivity contribution in [2.75, 3.05) is 0 Å². The van der Waals surface area contributed by atoms with Crippen molar-refractivity contribution in [3.05, 3.63) is 46.3 Å². The van der Waals surface area contributed by atoms with Gasteiger partial charge in [0.15, 0.2) is 5.76 Å². The largest absolute Gasteiger partial charge is 0.484 e. The third kappa shape index (κ3) is 2.62. The average Bonchev–Trinajstić information content (AvgIpc) is 2.80. The topological polar surface area (TPSA) is 55.5 Å². The van der Waals surface area contributed by atoms with Gasteiger partial charge in [-0.15, -0.1) is 0 Å². The molecule has 1 aromatic heterocycles. The predicted molar refractivity (Wildman–Crippen MR) is 60.9 cm³/mol. The summed E-state index contributed by atoms with van der Waals surface area (Å²) in [5, 5.41) is 12.5. The van der Waals surface area contributed by atoms with Crippen LogP contribution in [0.2, 0.25) is 0 Å². The number of ether oxygens (including phenoxy) is 1. The molecule has 0 saturated carbocycles. The van der Waals surface area contributed by atoms with Gasteiger partial charge in [0.05, 0.1) is 17.3 Å². The van der Waals surface area contributed by atoms with Gasteiger partial charge in [0.1, 0.15) is 12.4 Å². The molecule has 5 heteroatoms. The van der Waals surface area contributed by atoms with Crippen LogP contribution in [0.15, 0.2) is 39.5 Å². The zero-order valence-corrected chi connectivity index (χ0v) is 9.98. The maximum Gasteiger partial charge on any atom is 0.174 e. The Bertz CT molecular complexity index is 456. The molecule has 1 N–H and O–H groups in total. The van der Waals surface area contributed by atoms with Crippen LogP contribution in [0.4, 0.5) is 0 Å². The fourth-order valence-electron chi connectivity index (χ4n) is 1.23. The minimum Gasteiger partial charge on any atom is -0.484 e. The summed E-state index contributed by atoms with van der Waals surface area (Å²) in [6, 6.07) is 7.16. The number of hydrogen-bond donors (Lipinski definition) is 1. The standard InChI is InChI=1S/C11H10BrNO3/c12-10-5-8(6-14)1-2-11(10)15-7-9-3-4-13-16-9/h1-5,14H,6-7H2. The Labute approximate surface area is 101 Å². The molecule has 0 atom stereocenters. The first-order chi connectivity index (χ1) is 7.79. The highest BCUT2D eigenvalue weighted by Gasteiger charge is 2.04. The molecule has 0 amide bonds. The number of aliphatic hydroxyl groups excluding tert-OH is 1. The van der Waals surface area contributed by atoms with Gasteiger partial charge >= 0.3 is 0 Å². The summed E-state index contributed by atoms with van der Waals surface area (Å²) in [4.78, 5) is 0. The molecule has 0 radical (unpaired) electrons. The average molecular weight is 284 g/mol. The molecule has 4 nitrogen and oxygen atoms in total. The summed E-state index contributed by atoms with van der Waals surface area (Å²) in [5.74, 6) is 1.37. The van der Waals surface area contributed by atoms with Crippen LogP contribution >= 0.6 is 15.9 Å². The lowest BCUT2D eigenvalue weighted by Crippen LogP contribution is -1.95. The van der Waals surface area contributed by atoms with Crippen molar-refractivity contribution in [2.24, 2.45) is 0 Å². The number of hydrogen-bond acceptors (Lipinski definition) is 4.